The molecular formula is C21H18N2O3S. The number of hydrogen-bond donors (Lipinski definition) is 1. The highest BCUT2D eigenvalue weighted by Gasteiger charge is 2.12. The smallest absolute Gasteiger partial charge is 0.349 e. The number of nitrogens with zero attached hydrogens (tertiary/aromatic N) is 1. The van der Waals surface area contributed by atoms with Gasteiger partial charge in [-0.15, -0.1) is 11.3 Å². The van der Waals surface area contributed by atoms with Gasteiger partial charge in [0, 0.05) is 4.88 Å². The molecule has 0 aliphatic rings. The number of ether oxygens (including phenoxy) is 1. The number of aromatic nitrogens is 1. The second-order valence-electron chi connectivity index (χ2n) is 6.02. The lowest BCUT2D eigenvalue weighted by molar-refractivity contribution is 0.482. The number of thiophene rings is 1. The van der Waals surface area contributed by atoms with E-state index in [-0.39, 0.29) is 11.6 Å². The van der Waals surface area contributed by atoms with E-state index in [1.54, 1.807) is 0 Å². The predicted molar refractivity (Wildman–Crippen MR) is 108 cm³/mol. The van der Waals surface area contributed by atoms with E-state index >= 15 is 0 Å². The molecule has 0 spiro atoms. The Hall–Kier alpha value is -3.12. The Morgan fingerprint density at radius 1 is 1.11 bits per heavy atom. The van der Waals surface area contributed by atoms with Crippen molar-refractivity contribution in [3.05, 3.63) is 76.0 Å². The van der Waals surface area contributed by atoms with Crippen LogP contribution < -0.4 is 15.7 Å². The van der Waals surface area contributed by atoms with Crippen LogP contribution in [0.25, 0.3) is 10.2 Å². The number of fused-ring (bicyclic) bond motifs is 1. The molecule has 4 rings (SSSR count). The first-order chi connectivity index (χ1) is 13.2. The minimum absolute atomic E-state index is 0.154. The molecule has 27 heavy (non-hydrogen) atoms. The molecule has 6 heteroatoms. The van der Waals surface area contributed by atoms with Crippen LogP contribution in [0.1, 0.15) is 18.2 Å². The molecule has 0 bridgehead atoms. The maximum absolute atomic E-state index is 12.3. The minimum Gasteiger partial charge on any atom is -0.455 e. The van der Waals surface area contributed by atoms with Crippen LogP contribution in [0.3, 0.4) is 0 Å². The Kier molecular flexibility index (Phi) is 4.89. The maximum atomic E-state index is 12.3. The minimum atomic E-state index is -0.387. The molecule has 0 saturated heterocycles. The average Bonchev–Trinajstić information content (AvgIpc) is 3.08. The zero-order valence-corrected chi connectivity index (χ0v) is 15.6. The first kappa shape index (κ1) is 17.3. The van der Waals surface area contributed by atoms with Gasteiger partial charge in [-0.05, 0) is 36.8 Å². The topological polar surface area (TPSA) is 64.4 Å². The van der Waals surface area contributed by atoms with Crippen LogP contribution in [-0.4, -0.2) is 4.98 Å². The summed E-state index contributed by atoms with van der Waals surface area (Å²) in [5.74, 6) is 1.34. The molecule has 0 fully saturated rings. The average molecular weight is 378 g/mol. The zero-order chi connectivity index (χ0) is 18.6. The van der Waals surface area contributed by atoms with Gasteiger partial charge in [0.25, 0.3) is 0 Å². The van der Waals surface area contributed by atoms with Crippen molar-refractivity contribution in [1.29, 1.82) is 0 Å². The first-order valence-corrected chi connectivity index (χ1v) is 9.57. The summed E-state index contributed by atoms with van der Waals surface area (Å²) in [6, 6.07) is 19.0. The maximum Gasteiger partial charge on any atom is 0.349 e. The van der Waals surface area contributed by atoms with Crippen molar-refractivity contribution < 1.29 is 9.15 Å². The molecule has 1 N–H and O–H groups in total. The fourth-order valence-corrected chi connectivity index (χ4v) is 3.84. The number of benzene rings is 2. The molecule has 0 atom stereocenters. The number of anilines is 2. The Labute approximate surface area is 160 Å². The van der Waals surface area contributed by atoms with Gasteiger partial charge in [-0.1, -0.05) is 43.7 Å². The van der Waals surface area contributed by atoms with E-state index in [9.17, 15) is 4.79 Å². The third-order valence-electron chi connectivity index (χ3n) is 3.97. The van der Waals surface area contributed by atoms with Gasteiger partial charge in [-0.2, -0.15) is 4.98 Å². The van der Waals surface area contributed by atoms with E-state index in [4.69, 9.17) is 9.15 Å². The lowest BCUT2D eigenvalue weighted by Crippen LogP contribution is -2.04. The number of para-hydroxylation sites is 3. The van der Waals surface area contributed by atoms with Crippen LogP contribution in [-0.2, 0) is 6.42 Å². The van der Waals surface area contributed by atoms with Crippen molar-refractivity contribution in [2.24, 2.45) is 0 Å². The molecule has 2 aromatic heterocycles. The first-order valence-electron chi connectivity index (χ1n) is 8.75. The van der Waals surface area contributed by atoms with Crippen LogP contribution in [0.5, 0.6) is 11.5 Å². The van der Waals surface area contributed by atoms with Gasteiger partial charge >= 0.3 is 11.6 Å². The molecule has 0 radical (unpaired) electrons. The van der Waals surface area contributed by atoms with Crippen molar-refractivity contribution in [3.63, 3.8) is 0 Å². The molecule has 0 amide bonds. The van der Waals surface area contributed by atoms with Gasteiger partial charge in [-0.3, -0.25) is 0 Å². The standard InChI is InChI=1S/C21H18N2O3S/c1-2-8-15-13-16-19(27-15)23-21(26-20(16)24)22-17-11-6-7-12-18(17)25-14-9-4-3-5-10-14/h3-7,9-13H,2,8H2,1H3,(H,22,23). The summed E-state index contributed by atoms with van der Waals surface area (Å²) in [7, 11) is 0. The monoisotopic (exact) mass is 378 g/mol. The Morgan fingerprint density at radius 2 is 1.89 bits per heavy atom. The predicted octanol–water partition coefficient (Wildman–Crippen LogP) is 5.74. The molecule has 2 heterocycles. The lowest BCUT2D eigenvalue weighted by Gasteiger charge is -2.11. The normalized spacial score (nSPS) is 10.9. The largest absolute Gasteiger partial charge is 0.455 e. The van der Waals surface area contributed by atoms with E-state index in [2.05, 4.69) is 17.2 Å². The molecular weight excluding hydrogens is 360 g/mol. The van der Waals surface area contributed by atoms with Crippen molar-refractivity contribution in [3.8, 4) is 11.5 Å². The fourth-order valence-electron chi connectivity index (χ4n) is 2.73. The molecule has 0 aliphatic heterocycles. The summed E-state index contributed by atoms with van der Waals surface area (Å²) >= 11 is 1.53. The van der Waals surface area contributed by atoms with Gasteiger partial charge in [0.15, 0.2) is 5.75 Å². The molecule has 4 aromatic rings. The van der Waals surface area contributed by atoms with Crippen LogP contribution >= 0.6 is 11.3 Å². The number of hydrogen-bond acceptors (Lipinski definition) is 6. The summed E-state index contributed by atoms with van der Waals surface area (Å²) in [4.78, 5) is 18.6. The van der Waals surface area contributed by atoms with E-state index in [0.717, 1.165) is 23.5 Å². The SMILES string of the molecule is CCCc1cc2c(=O)oc(Nc3ccccc3Oc3ccccc3)nc2s1. The number of nitrogens with one attached hydrogen (secondary N) is 1. The lowest BCUT2D eigenvalue weighted by atomic mass is 10.2. The number of aryl methyl sites for hydroxylation is 1. The quantitative estimate of drug-likeness (QED) is 0.464. The van der Waals surface area contributed by atoms with Crippen molar-refractivity contribution in [2.45, 2.75) is 19.8 Å². The Bertz CT molecular complexity index is 1120. The van der Waals surface area contributed by atoms with E-state index in [1.807, 2.05) is 60.7 Å². The zero-order valence-electron chi connectivity index (χ0n) is 14.8. The number of rotatable bonds is 6. The molecule has 0 unspecified atom stereocenters. The van der Waals surface area contributed by atoms with Gasteiger partial charge in [-0.25, -0.2) is 4.79 Å². The highest BCUT2D eigenvalue weighted by atomic mass is 32.1. The Morgan fingerprint density at radius 3 is 2.70 bits per heavy atom. The van der Waals surface area contributed by atoms with Gasteiger partial charge in [0.1, 0.15) is 10.6 Å². The molecule has 5 nitrogen and oxygen atoms in total. The van der Waals surface area contributed by atoms with Crippen LogP contribution in [0, 0.1) is 0 Å². The summed E-state index contributed by atoms with van der Waals surface area (Å²) < 4.78 is 11.3. The second kappa shape index (κ2) is 7.63. The molecule has 136 valence electrons. The fraction of sp³-hybridized carbons (Fsp3) is 0.143. The van der Waals surface area contributed by atoms with Crippen molar-refractivity contribution in [2.75, 3.05) is 5.32 Å². The molecule has 0 aliphatic carbocycles. The van der Waals surface area contributed by atoms with Gasteiger partial charge < -0.3 is 14.5 Å². The summed E-state index contributed by atoms with van der Waals surface area (Å²) in [6.07, 6.45) is 1.95. The van der Waals surface area contributed by atoms with Crippen LogP contribution in [0.15, 0.2) is 69.9 Å². The summed E-state index contributed by atoms with van der Waals surface area (Å²) in [5.41, 5.74) is 0.282. The van der Waals surface area contributed by atoms with Gasteiger partial charge in [0.2, 0.25) is 0 Å². The second-order valence-corrected chi connectivity index (χ2v) is 7.14. The van der Waals surface area contributed by atoms with Crippen molar-refractivity contribution in [1.82, 2.24) is 4.98 Å². The summed E-state index contributed by atoms with van der Waals surface area (Å²) in [5, 5.41) is 3.60. The van der Waals surface area contributed by atoms with Gasteiger partial charge in [0.05, 0.1) is 11.1 Å². The van der Waals surface area contributed by atoms with Crippen LogP contribution in [0.4, 0.5) is 11.7 Å². The summed E-state index contributed by atoms with van der Waals surface area (Å²) in [6.45, 7) is 2.11. The molecule has 0 saturated carbocycles. The van der Waals surface area contributed by atoms with E-state index < -0.39 is 0 Å². The highest BCUT2D eigenvalue weighted by Crippen LogP contribution is 2.31. The third kappa shape index (κ3) is 3.85. The van der Waals surface area contributed by atoms with E-state index in [1.165, 1.54) is 11.3 Å². The van der Waals surface area contributed by atoms with Crippen molar-refractivity contribution >= 4 is 33.3 Å². The third-order valence-corrected chi connectivity index (χ3v) is 5.06. The highest BCUT2D eigenvalue weighted by molar-refractivity contribution is 7.18. The Balaban J connectivity index is 1.65. The van der Waals surface area contributed by atoms with E-state index in [0.29, 0.717) is 21.7 Å². The van der Waals surface area contributed by atoms with Crippen LogP contribution in [0.2, 0.25) is 0 Å². The molecule has 2 aromatic carbocycles.